The van der Waals surface area contributed by atoms with E-state index in [0.717, 1.165) is 0 Å². The molecule has 0 bridgehead atoms. The molecular formula is C4H6Cl3Na. The first-order valence-electron chi connectivity index (χ1n) is 1.68. The van der Waals surface area contributed by atoms with Gasteiger partial charge in [-0.05, 0) is 6.92 Å². The number of allylic oxidation sites excluding steroid dienone is 2. The number of hydrogen-bond donors (Lipinski definition) is 0. The fourth-order valence-electron chi connectivity index (χ4n) is 0.145. The van der Waals surface area contributed by atoms with Gasteiger partial charge in [-0.15, -0.1) is 23.2 Å². The fraction of sp³-hybridized carbons (Fsp3) is 0.500. The Morgan fingerprint density at radius 2 is 1.75 bits per heavy atom. The van der Waals surface area contributed by atoms with Gasteiger partial charge in [0.25, 0.3) is 0 Å². The van der Waals surface area contributed by atoms with Crippen LogP contribution in [0.1, 0.15) is 6.92 Å². The van der Waals surface area contributed by atoms with Crippen LogP contribution in [0.3, 0.4) is 0 Å². The fourth-order valence-corrected chi connectivity index (χ4v) is 0.436. The minimum atomic E-state index is -0.338. The summed E-state index contributed by atoms with van der Waals surface area (Å²) in [5.74, 6) is 0. The Hall–Kier alpha value is 1.61. The van der Waals surface area contributed by atoms with Gasteiger partial charge in [0.1, 0.15) is 4.84 Å². The van der Waals surface area contributed by atoms with Gasteiger partial charge in [0.2, 0.25) is 0 Å². The number of hydrogen-bond acceptors (Lipinski definition) is 0. The van der Waals surface area contributed by atoms with Crippen LogP contribution in [0, 0.1) is 0 Å². The van der Waals surface area contributed by atoms with Crippen LogP contribution < -0.4 is 42.0 Å². The molecular weight excluding hydrogens is 177 g/mol. The van der Waals surface area contributed by atoms with Crippen molar-refractivity contribution in [2.45, 2.75) is 11.8 Å². The Labute approximate surface area is 88.3 Å². The quantitative estimate of drug-likeness (QED) is 0.224. The molecule has 0 nitrogen and oxygen atoms in total. The van der Waals surface area contributed by atoms with Crippen molar-refractivity contribution in [1.82, 2.24) is 0 Å². The first-order valence-corrected chi connectivity index (χ1v) is 2.55. The molecule has 0 atom stereocenters. The molecule has 0 aliphatic heterocycles. The maximum Gasteiger partial charge on any atom is 1.00 e. The van der Waals surface area contributed by atoms with Gasteiger partial charge in [0, 0.05) is 0 Å². The molecule has 0 fully saturated rings. The molecule has 4 heteroatoms. The summed E-state index contributed by atoms with van der Waals surface area (Å²) in [6, 6.07) is 0. The van der Waals surface area contributed by atoms with E-state index in [1.54, 1.807) is 6.08 Å². The molecule has 0 N–H and O–H groups in total. The van der Waals surface area contributed by atoms with Crippen LogP contribution in [-0.2, 0) is 0 Å². The van der Waals surface area contributed by atoms with E-state index >= 15 is 0 Å². The summed E-state index contributed by atoms with van der Waals surface area (Å²) in [4.78, 5) is -0.338. The molecule has 0 aromatic carbocycles. The third-order valence-electron chi connectivity index (χ3n) is 0.338. The monoisotopic (exact) mass is 182 g/mol. The summed E-state index contributed by atoms with van der Waals surface area (Å²) in [6.07, 6.45) is 3.51. The van der Waals surface area contributed by atoms with E-state index in [-0.39, 0.29) is 46.8 Å². The molecule has 8 heavy (non-hydrogen) atoms. The predicted octanol–water partition coefficient (Wildman–Crippen LogP) is -3.63. The van der Waals surface area contributed by atoms with E-state index in [0.29, 0.717) is 0 Å². The van der Waals surface area contributed by atoms with Crippen LogP contribution in [0.4, 0.5) is 0 Å². The normalized spacial score (nSPS) is 8.50. The van der Waals surface area contributed by atoms with E-state index < -0.39 is 0 Å². The van der Waals surface area contributed by atoms with Crippen LogP contribution in [0.5, 0.6) is 0 Å². The van der Waals surface area contributed by atoms with E-state index in [1.165, 1.54) is 0 Å². The zero-order valence-electron chi connectivity index (χ0n) is 4.87. The molecule has 0 rings (SSSR count). The molecule has 0 heterocycles. The number of alkyl halides is 2. The van der Waals surface area contributed by atoms with Crippen molar-refractivity contribution in [3.63, 3.8) is 0 Å². The average molecular weight is 183 g/mol. The van der Waals surface area contributed by atoms with Crippen LogP contribution in [0.2, 0.25) is 0 Å². The van der Waals surface area contributed by atoms with Gasteiger partial charge in [0.05, 0.1) is 0 Å². The second kappa shape index (κ2) is 11.4. The van der Waals surface area contributed by atoms with E-state index in [2.05, 4.69) is 0 Å². The van der Waals surface area contributed by atoms with Gasteiger partial charge in [-0.2, -0.15) is 0 Å². The topological polar surface area (TPSA) is 0 Å². The van der Waals surface area contributed by atoms with Crippen molar-refractivity contribution in [1.29, 1.82) is 0 Å². The minimum absolute atomic E-state index is 0. The first kappa shape index (κ1) is 16.3. The van der Waals surface area contributed by atoms with Crippen molar-refractivity contribution in [2.75, 3.05) is 0 Å². The average Bonchev–Trinajstić information content (AvgIpc) is 1.35. The zero-order valence-corrected chi connectivity index (χ0v) is 9.13. The van der Waals surface area contributed by atoms with Crippen LogP contribution in [0.15, 0.2) is 12.2 Å². The van der Waals surface area contributed by atoms with Crippen molar-refractivity contribution in [3.05, 3.63) is 12.2 Å². The Kier molecular flexibility index (Phi) is 23.3. The van der Waals surface area contributed by atoms with Gasteiger partial charge < -0.3 is 12.4 Å². The van der Waals surface area contributed by atoms with Gasteiger partial charge in [-0.3, -0.25) is 0 Å². The molecule has 0 aliphatic carbocycles. The molecule has 44 valence electrons. The Bertz CT molecular complexity index is 53.2. The SMILES string of the molecule is CC=CC(Cl)Cl.[Cl-].[Na+]. The summed E-state index contributed by atoms with van der Waals surface area (Å²) in [7, 11) is 0. The largest absolute Gasteiger partial charge is 1.00 e. The van der Waals surface area contributed by atoms with Gasteiger partial charge >= 0.3 is 29.6 Å². The van der Waals surface area contributed by atoms with E-state index in [9.17, 15) is 0 Å². The Morgan fingerprint density at radius 1 is 1.38 bits per heavy atom. The molecule has 0 radical (unpaired) electrons. The second-order valence-electron chi connectivity index (χ2n) is 0.860. The van der Waals surface area contributed by atoms with Crippen LogP contribution >= 0.6 is 23.2 Å². The zero-order chi connectivity index (χ0) is 4.99. The van der Waals surface area contributed by atoms with Crippen molar-refractivity contribution < 1.29 is 42.0 Å². The number of rotatable bonds is 1. The Balaban J connectivity index is -0.000000125. The van der Waals surface area contributed by atoms with Gasteiger partial charge in [0.15, 0.2) is 0 Å². The standard InChI is InChI=1S/C4H6Cl2.ClH.Na/c1-2-3-4(5)6;;/h2-4H,1H3;1H;/q;;+1/p-1. The summed E-state index contributed by atoms with van der Waals surface area (Å²) in [5.41, 5.74) is 0. The van der Waals surface area contributed by atoms with Crippen LogP contribution in [0.25, 0.3) is 0 Å². The molecule has 0 aliphatic rings. The third kappa shape index (κ3) is 15.6. The molecule has 0 aromatic rings. The molecule has 0 saturated carbocycles. The number of halogens is 3. The van der Waals surface area contributed by atoms with E-state index in [1.807, 2.05) is 13.0 Å². The summed E-state index contributed by atoms with van der Waals surface area (Å²) < 4.78 is 0. The smallest absolute Gasteiger partial charge is 1.00 e. The second-order valence-corrected chi connectivity index (χ2v) is 2.02. The first-order chi connectivity index (χ1) is 2.77. The molecule has 0 aromatic heterocycles. The van der Waals surface area contributed by atoms with E-state index in [4.69, 9.17) is 23.2 Å². The Morgan fingerprint density at radius 3 is 1.75 bits per heavy atom. The maximum atomic E-state index is 5.26. The predicted molar refractivity (Wildman–Crippen MR) is 30.3 cm³/mol. The summed E-state index contributed by atoms with van der Waals surface area (Å²) in [6.45, 7) is 1.87. The van der Waals surface area contributed by atoms with Gasteiger partial charge in [-0.25, -0.2) is 0 Å². The maximum absolute atomic E-state index is 5.26. The molecule has 0 unspecified atom stereocenters. The summed E-state index contributed by atoms with van der Waals surface area (Å²) >= 11 is 10.5. The molecule has 0 saturated heterocycles. The third-order valence-corrected chi connectivity index (χ3v) is 0.629. The van der Waals surface area contributed by atoms with Crippen molar-refractivity contribution in [2.24, 2.45) is 0 Å². The molecule has 0 spiro atoms. The summed E-state index contributed by atoms with van der Waals surface area (Å²) in [5, 5.41) is 0. The molecule has 0 amide bonds. The van der Waals surface area contributed by atoms with Crippen LogP contribution in [-0.4, -0.2) is 4.84 Å². The van der Waals surface area contributed by atoms with Gasteiger partial charge in [-0.1, -0.05) is 12.2 Å². The van der Waals surface area contributed by atoms with Crippen molar-refractivity contribution in [3.8, 4) is 0 Å². The van der Waals surface area contributed by atoms with Crippen molar-refractivity contribution >= 4 is 23.2 Å². The minimum Gasteiger partial charge on any atom is -1.00 e.